The lowest BCUT2D eigenvalue weighted by molar-refractivity contribution is -0.136. The van der Waals surface area contributed by atoms with Crippen molar-refractivity contribution in [2.24, 2.45) is 0 Å². The van der Waals surface area contributed by atoms with Gasteiger partial charge in [0.05, 0.1) is 11.1 Å². The predicted molar refractivity (Wildman–Crippen MR) is 43.5 cm³/mol. The van der Waals surface area contributed by atoms with Crippen LogP contribution < -0.4 is 0 Å². The molecule has 6 heteroatoms. The number of hydrogen-bond donors (Lipinski definition) is 4. The minimum atomic E-state index is -1.45. The zero-order valence-corrected chi connectivity index (χ0v) is 6.91. The van der Waals surface area contributed by atoms with Crippen LogP contribution in [0.5, 0.6) is 0 Å². The Labute approximate surface area is 78.4 Å². The SMILES string of the molecule is O=C(O)C1=CC(O)C(O)C=C1C(=O)O. The highest BCUT2D eigenvalue weighted by molar-refractivity contribution is 6.06. The van der Waals surface area contributed by atoms with Gasteiger partial charge in [0.25, 0.3) is 0 Å². The van der Waals surface area contributed by atoms with E-state index in [4.69, 9.17) is 20.4 Å². The van der Waals surface area contributed by atoms with Crippen LogP contribution in [0.3, 0.4) is 0 Å². The molecule has 0 fully saturated rings. The molecule has 0 saturated heterocycles. The third-order valence-electron chi connectivity index (χ3n) is 1.78. The number of hydrogen-bond acceptors (Lipinski definition) is 4. The average Bonchev–Trinajstić information content (AvgIpc) is 2.08. The molecule has 0 aromatic heterocycles. The lowest BCUT2D eigenvalue weighted by atomic mass is 9.94. The van der Waals surface area contributed by atoms with Crippen molar-refractivity contribution in [3.8, 4) is 0 Å². The highest BCUT2D eigenvalue weighted by Crippen LogP contribution is 2.19. The van der Waals surface area contributed by atoms with E-state index in [-0.39, 0.29) is 0 Å². The molecule has 0 radical (unpaired) electrons. The monoisotopic (exact) mass is 200 g/mol. The van der Waals surface area contributed by atoms with Crippen LogP contribution >= 0.6 is 0 Å². The summed E-state index contributed by atoms with van der Waals surface area (Å²) in [5.41, 5.74) is -1.04. The molecule has 0 spiro atoms. The van der Waals surface area contributed by atoms with Gasteiger partial charge in [-0.1, -0.05) is 0 Å². The van der Waals surface area contributed by atoms with Crippen molar-refractivity contribution in [1.29, 1.82) is 0 Å². The van der Waals surface area contributed by atoms with Crippen molar-refractivity contribution in [1.82, 2.24) is 0 Å². The van der Waals surface area contributed by atoms with Gasteiger partial charge in [-0.3, -0.25) is 0 Å². The van der Waals surface area contributed by atoms with Crippen LogP contribution in [0, 0.1) is 0 Å². The van der Waals surface area contributed by atoms with Crippen LogP contribution in [-0.2, 0) is 9.59 Å². The molecule has 6 nitrogen and oxygen atoms in total. The second-order valence-corrected chi connectivity index (χ2v) is 2.75. The number of rotatable bonds is 2. The molecule has 0 amide bonds. The van der Waals surface area contributed by atoms with Crippen molar-refractivity contribution in [3.05, 3.63) is 23.3 Å². The van der Waals surface area contributed by atoms with Crippen molar-refractivity contribution in [2.75, 3.05) is 0 Å². The Hall–Kier alpha value is -1.66. The first-order valence-electron chi connectivity index (χ1n) is 3.70. The molecule has 1 aliphatic carbocycles. The fourth-order valence-corrected chi connectivity index (χ4v) is 1.09. The van der Waals surface area contributed by atoms with Gasteiger partial charge in [0.15, 0.2) is 0 Å². The molecule has 0 aliphatic heterocycles. The molecule has 1 rings (SSSR count). The summed E-state index contributed by atoms with van der Waals surface area (Å²) < 4.78 is 0. The Morgan fingerprint density at radius 1 is 0.929 bits per heavy atom. The van der Waals surface area contributed by atoms with Gasteiger partial charge in [0.1, 0.15) is 12.2 Å². The molecule has 76 valence electrons. The molecular formula is C8H8O6. The number of carboxylic acid groups (broad SMARTS) is 2. The topological polar surface area (TPSA) is 115 Å². The van der Waals surface area contributed by atoms with E-state index in [0.29, 0.717) is 0 Å². The Morgan fingerprint density at radius 2 is 1.21 bits per heavy atom. The Balaban J connectivity index is 3.13. The molecule has 1 aliphatic rings. The van der Waals surface area contributed by atoms with E-state index >= 15 is 0 Å². The predicted octanol–water partition coefficient (Wildman–Crippen LogP) is -1.26. The van der Waals surface area contributed by atoms with E-state index in [0.717, 1.165) is 12.2 Å². The first-order chi connectivity index (χ1) is 6.43. The van der Waals surface area contributed by atoms with Gasteiger partial charge >= 0.3 is 11.9 Å². The number of carboxylic acids is 2. The molecule has 14 heavy (non-hydrogen) atoms. The summed E-state index contributed by atoms with van der Waals surface area (Å²) >= 11 is 0. The number of aliphatic carboxylic acids is 2. The molecule has 2 unspecified atom stereocenters. The van der Waals surface area contributed by atoms with Crippen LogP contribution in [-0.4, -0.2) is 44.6 Å². The second kappa shape index (κ2) is 3.60. The van der Waals surface area contributed by atoms with Crippen LogP contribution in [0.2, 0.25) is 0 Å². The summed E-state index contributed by atoms with van der Waals surface area (Å²) in [6, 6.07) is 0. The maximum atomic E-state index is 10.6. The van der Waals surface area contributed by atoms with Crippen LogP contribution in [0.4, 0.5) is 0 Å². The van der Waals surface area contributed by atoms with E-state index in [9.17, 15) is 9.59 Å². The molecule has 0 saturated carbocycles. The molecular weight excluding hydrogens is 192 g/mol. The first-order valence-corrected chi connectivity index (χ1v) is 3.70. The maximum Gasteiger partial charge on any atom is 0.336 e. The lowest BCUT2D eigenvalue weighted by Crippen LogP contribution is -2.29. The third kappa shape index (κ3) is 1.81. The molecule has 2 atom stereocenters. The standard InChI is InChI=1S/C8H8O6/c9-5-1-3(7(11)12)4(8(13)14)2-6(5)10/h1-2,5-6,9-10H,(H,11,12)(H,13,14). The van der Waals surface area contributed by atoms with Gasteiger partial charge < -0.3 is 20.4 Å². The molecule has 4 N–H and O–H groups in total. The first kappa shape index (κ1) is 10.4. The summed E-state index contributed by atoms with van der Waals surface area (Å²) in [7, 11) is 0. The zero-order chi connectivity index (χ0) is 10.9. The second-order valence-electron chi connectivity index (χ2n) is 2.75. The van der Waals surface area contributed by atoms with Crippen molar-refractivity contribution < 1.29 is 30.0 Å². The summed E-state index contributed by atoms with van der Waals surface area (Å²) in [6.45, 7) is 0. The number of aliphatic hydroxyl groups excluding tert-OH is 2. The Bertz CT molecular complexity index is 306. The van der Waals surface area contributed by atoms with Crippen LogP contribution in [0.25, 0.3) is 0 Å². The van der Waals surface area contributed by atoms with Crippen LogP contribution in [0.15, 0.2) is 23.3 Å². The highest BCUT2D eigenvalue weighted by atomic mass is 16.4. The van der Waals surface area contributed by atoms with E-state index in [1.807, 2.05) is 0 Å². The van der Waals surface area contributed by atoms with Crippen LogP contribution in [0.1, 0.15) is 0 Å². The minimum Gasteiger partial charge on any atom is -0.478 e. The van der Waals surface area contributed by atoms with E-state index < -0.39 is 35.3 Å². The fourth-order valence-electron chi connectivity index (χ4n) is 1.09. The molecule has 0 aromatic carbocycles. The lowest BCUT2D eigenvalue weighted by Gasteiger charge is -2.18. The van der Waals surface area contributed by atoms with Gasteiger partial charge in [0.2, 0.25) is 0 Å². The van der Waals surface area contributed by atoms with Crippen molar-refractivity contribution >= 4 is 11.9 Å². The smallest absolute Gasteiger partial charge is 0.336 e. The van der Waals surface area contributed by atoms with Crippen molar-refractivity contribution in [3.63, 3.8) is 0 Å². The van der Waals surface area contributed by atoms with Gasteiger partial charge in [-0.15, -0.1) is 0 Å². The summed E-state index contributed by atoms with van der Waals surface area (Å²) in [6.07, 6.45) is -1.17. The maximum absolute atomic E-state index is 10.6. The fraction of sp³-hybridized carbons (Fsp3) is 0.250. The van der Waals surface area contributed by atoms with Gasteiger partial charge in [-0.25, -0.2) is 9.59 Å². The van der Waals surface area contributed by atoms with E-state index in [1.165, 1.54) is 0 Å². The van der Waals surface area contributed by atoms with E-state index in [1.54, 1.807) is 0 Å². The molecule has 0 bridgehead atoms. The van der Waals surface area contributed by atoms with Gasteiger partial charge in [0, 0.05) is 0 Å². The Kier molecular flexibility index (Phi) is 2.68. The zero-order valence-electron chi connectivity index (χ0n) is 6.91. The number of aliphatic hydroxyl groups is 2. The minimum absolute atomic E-state index is 0.518. The van der Waals surface area contributed by atoms with Crippen molar-refractivity contribution in [2.45, 2.75) is 12.2 Å². The van der Waals surface area contributed by atoms with E-state index in [2.05, 4.69) is 0 Å². The molecule has 0 heterocycles. The largest absolute Gasteiger partial charge is 0.478 e. The highest BCUT2D eigenvalue weighted by Gasteiger charge is 2.28. The third-order valence-corrected chi connectivity index (χ3v) is 1.78. The average molecular weight is 200 g/mol. The van der Waals surface area contributed by atoms with Gasteiger partial charge in [-0.2, -0.15) is 0 Å². The Morgan fingerprint density at radius 3 is 1.43 bits per heavy atom. The quantitative estimate of drug-likeness (QED) is 0.442. The number of carbonyl (C=O) groups is 2. The summed E-state index contributed by atoms with van der Waals surface area (Å²) in [5.74, 6) is -2.91. The normalized spacial score (nSPS) is 26.4. The summed E-state index contributed by atoms with van der Waals surface area (Å²) in [4.78, 5) is 21.1. The van der Waals surface area contributed by atoms with Gasteiger partial charge in [-0.05, 0) is 12.2 Å². The summed E-state index contributed by atoms with van der Waals surface area (Å²) in [5, 5.41) is 35.3. The molecule has 0 aromatic rings.